The van der Waals surface area contributed by atoms with Crippen molar-refractivity contribution < 1.29 is 0 Å². The molecule has 2 N–H and O–H groups in total. The van der Waals surface area contributed by atoms with Gasteiger partial charge in [-0.05, 0) is 31.1 Å². The lowest BCUT2D eigenvalue weighted by atomic mass is 9.98. The maximum Gasteiger partial charge on any atom is 0.0309 e. The monoisotopic (exact) mass is 153 g/mol. The lowest BCUT2D eigenvalue weighted by Gasteiger charge is -2.12. The van der Waals surface area contributed by atoms with Crippen molar-refractivity contribution in [3.8, 4) is 0 Å². The maximum absolute atomic E-state index is 5.67. The smallest absolute Gasteiger partial charge is 0.0309 e. The highest BCUT2D eigenvalue weighted by Gasteiger charge is 2.08. The van der Waals surface area contributed by atoms with Gasteiger partial charge < -0.3 is 5.73 Å². The van der Waals surface area contributed by atoms with Crippen molar-refractivity contribution in [3.05, 3.63) is 22.9 Å². The number of thiocarbonyl (C=S) groups is 1. The fourth-order valence-electron chi connectivity index (χ4n) is 0.919. The summed E-state index contributed by atoms with van der Waals surface area (Å²) in [5.41, 5.74) is 8.88. The molecule has 0 saturated heterocycles. The summed E-state index contributed by atoms with van der Waals surface area (Å²) in [6.45, 7) is 4.02. The predicted octanol–water partition coefficient (Wildman–Crippen LogP) is 1.94. The van der Waals surface area contributed by atoms with E-state index >= 15 is 0 Å². The van der Waals surface area contributed by atoms with Crippen LogP contribution in [0.25, 0.3) is 0 Å². The molecule has 0 aromatic carbocycles. The Morgan fingerprint density at radius 2 is 2.10 bits per heavy atom. The van der Waals surface area contributed by atoms with Gasteiger partial charge in [0.2, 0.25) is 0 Å². The van der Waals surface area contributed by atoms with Gasteiger partial charge in [0.25, 0.3) is 0 Å². The van der Waals surface area contributed by atoms with Gasteiger partial charge >= 0.3 is 0 Å². The molecule has 0 heterocycles. The second kappa shape index (κ2) is 2.54. The largest absolute Gasteiger partial charge is 0.399 e. The summed E-state index contributed by atoms with van der Waals surface area (Å²) in [5, 5.41) is 0. The average Bonchev–Trinajstić information content (AvgIpc) is 1.84. The molecule has 0 aromatic rings. The number of nitrogens with two attached hydrogens (primary N) is 1. The van der Waals surface area contributed by atoms with E-state index in [1.165, 1.54) is 5.57 Å². The Balaban J connectivity index is 2.99. The Labute approximate surface area is 66.6 Å². The molecule has 1 nitrogen and oxygen atoms in total. The third-order valence-electron chi connectivity index (χ3n) is 1.73. The Morgan fingerprint density at radius 1 is 1.50 bits per heavy atom. The standard InChI is InChI=1S/C8H11NS/c1-5-4-8(10)6(2)3-7(5)9/h3H,4,9H2,1-2H3. The minimum absolute atomic E-state index is 0.865. The van der Waals surface area contributed by atoms with Crippen LogP contribution < -0.4 is 5.73 Å². The summed E-state index contributed by atoms with van der Waals surface area (Å²) < 4.78 is 0. The summed E-state index contributed by atoms with van der Waals surface area (Å²) in [5.74, 6) is 0. The number of hydrogen-bond acceptors (Lipinski definition) is 2. The minimum Gasteiger partial charge on any atom is -0.399 e. The van der Waals surface area contributed by atoms with Crippen LogP contribution in [0.2, 0.25) is 0 Å². The van der Waals surface area contributed by atoms with E-state index in [1.54, 1.807) is 0 Å². The zero-order valence-electron chi connectivity index (χ0n) is 6.27. The molecule has 0 spiro atoms. The third kappa shape index (κ3) is 1.27. The van der Waals surface area contributed by atoms with Gasteiger partial charge in [-0.3, -0.25) is 0 Å². The third-order valence-corrected chi connectivity index (χ3v) is 2.20. The van der Waals surface area contributed by atoms with E-state index in [1.807, 2.05) is 19.9 Å². The van der Waals surface area contributed by atoms with Crippen molar-refractivity contribution in [1.29, 1.82) is 0 Å². The van der Waals surface area contributed by atoms with E-state index in [0.29, 0.717) is 0 Å². The van der Waals surface area contributed by atoms with Gasteiger partial charge in [-0.1, -0.05) is 12.2 Å². The van der Waals surface area contributed by atoms with Crippen LogP contribution >= 0.6 is 12.2 Å². The summed E-state index contributed by atoms with van der Waals surface area (Å²) in [6.07, 6.45) is 2.81. The number of hydrogen-bond donors (Lipinski definition) is 1. The molecule has 1 aliphatic carbocycles. The molecular weight excluding hydrogens is 142 g/mol. The maximum atomic E-state index is 5.67. The Morgan fingerprint density at radius 3 is 2.60 bits per heavy atom. The molecule has 1 aliphatic rings. The highest BCUT2D eigenvalue weighted by Crippen LogP contribution is 2.18. The second-order valence-corrected chi connectivity index (χ2v) is 3.16. The molecule has 0 radical (unpaired) electrons. The van der Waals surface area contributed by atoms with Crippen LogP contribution in [0.1, 0.15) is 20.3 Å². The number of allylic oxidation sites excluding steroid dienone is 3. The Hall–Kier alpha value is -0.630. The minimum atomic E-state index is 0.865. The van der Waals surface area contributed by atoms with E-state index in [9.17, 15) is 0 Å². The van der Waals surface area contributed by atoms with E-state index < -0.39 is 0 Å². The first-order chi connectivity index (χ1) is 4.61. The summed E-state index contributed by atoms with van der Waals surface area (Å²) in [4.78, 5) is 1.02. The SMILES string of the molecule is CC1=CC(N)=C(C)CC1=S. The molecule has 54 valence electrons. The molecule has 0 aromatic heterocycles. The van der Waals surface area contributed by atoms with Crippen LogP contribution in [-0.4, -0.2) is 4.86 Å². The van der Waals surface area contributed by atoms with E-state index in [-0.39, 0.29) is 0 Å². The molecule has 2 heteroatoms. The topological polar surface area (TPSA) is 26.0 Å². The highest BCUT2D eigenvalue weighted by molar-refractivity contribution is 7.80. The summed E-state index contributed by atoms with van der Waals surface area (Å²) in [6, 6.07) is 0. The molecule has 0 aliphatic heterocycles. The van der Waals surface area contributed by atoms with Crippen LogP contribution in [0.3, 0.4) is 0 Å². The van der Waals surface area contributed by atoms with E-state index in [4.69, 9.17) is 18.0 Å². The normalized spacial score (nSPS) is 19.4. The lowest BCUT2D eigenvalue weighted by molar-refractivity contribution is 1.16. The predicted molar refractivity (Wildman–Crippen MR) is 47.9 cm³/mol. The zero-order valence-corrected chi connectivity index (χ0v) is 7.09. The van der Waals surface area contributed by atoms with Crippen LogP contribution in [0, 0.1) is 0 Å². The van der Waals surface area contributed by atoms with Crippen LogP contribution in [0.5, 0.6) is 0 Å². The van der Waals surface area contributed by atoms with E-state index in [0.717, 1.165) is 22.6 Å². The van der Waals surface area contributed by atoms with Crippen LogP contribution in [0.4, 0.5) is 0 Å². The molecule has 0 atom stereocenters. The molecule has 10 heavy (non-hydrogen) atoms. The van der Waals surface area contributed by atoms with Gasteiger partial charge in [0, 0.05) is 17.0 Å². The fraction of sp³-hybridized carbons (Fsp3) is 0.375. The zero-order chi connectivity index (χ0) is 7.72. The van der Waals surface area contributed by atoms with E-state index in [2.05, 4.69) is 0 Å². The van der Waals surface area contributed by atoms with Crippen LogP contribution in [0.15, 0.2) is 22.9 Å². The van der Waals surface area contributed by atoms with Gasteiger partial charge in [-0.25, -0.2) is 0 Å². The molecule has 0 amide bonds. The van der Waals surface area contributed by atoms with Gasteiger partial charge in [-0.2, -0.15) is 0 Å². The number of rotatable bonds is 0. The van der Waals surface area contributed by atoms with Gasteiger partial charge in [0.1, 0.15) is 0 Å². The molecule has 0 saturated carbocycles. The van der Waals surface area contributed by atoms with Crippen molar-refractivity contribution >= 4 is 17.1 Å². The fourth-order valence-corrected chi connectivity index (χ4v) is 1.19. The quantitative estimate of drug-likeness (QED) is 0.538. The highest BCUT2D eigenvalue weighted by atomic mass is 32.1. The van der Waals surface area contributed by atoms with Crippen LogP contribution in [-0.2, 0) is 0 Å². The van der Waals surface area contributed by atoms with Gasteiger partial charge in [0.15, 0.2) is 0 Å². The summed E-state index contributed by atoms with van der Waals surface area (Å²) in [7, 11) is 0. The molecular formula is C8H11NS. The first-order valence-electron chi connectivity index (χ1n) is 3.28. The lowest BCUT2D eigenvalue weighted by Crippen LogP contribution is -2.10. The van der Waals surface area contributed by atoms with Gasteiger partial charge in [0.05, 0.1) is 0 Å². The Bertz CT molecular complexity index is 236. The van der Waals surface area contributed by atoms with Crippen molar-refractivity contribution in [2.24, 2.45) is 5.73 Å². The average molecular weight is 153 g/mol. The summed E-state index contributed by atoms with van der Waals surface area (Å²) >= 11 is 5.10. The second-order valence-electron chi connectivity index (χ2n) is 2.66. The first-order valence-corrected chi connectivity index (χ1v) is 3.69. The Kier molecular flexibility index (Phi) is 1.90. The molecule has 0 bridgehead atoms. The molecule has 1 rings (SSSR count). The van der Waals surface area contributed by atoms with Crippen molar-refractivity contribution in [3.63, 3.8) is 0 Å². The van der Waals surface area contributed by atoms with Crippen molar-refractivity contribution in [2.75, 3.05) is 0 Å². The molecule has 0 unspecified atom stereocenters. The van der Waals surface area contributed by atoms with Gasteiger partial charge in [-0.15, -0.1) is 0 Å². The van der Waals surface area contributed by atoms with Crippen molar-refractivity contribution in [1.82, 2.24) is 0 Å². The molecule has 0 fully saturated rings. The van der Waals surface area contributed by atoms with Crippen molar-refractivity contribution in [2.45, 2.75) is 20.3 Å². The first kappa shape index (κ1) is 7.48.